The number of nitrogens with zero attached hydrogens (tertiary/aromatic N) is 3. The van der Waals surface area contributed by atoms with Crippen molar-refractivity contribution in [3.63, 3.8) is 0 Å². The molecule has 1 aromatic carbocycles. The monoisotopic (exact) mass is 501 g/mol. The van der Waals surface area contributed by atoms with Crippen molar-refractivity contribution >= 4 is 41.3 Å². The van der Waals surface area contributed by atoms with Crippen LogP contribution in [-0.2, 0) is 13.0 Å². The van der Waals surface area contributed by atoms with Crippen LogP contribution in [0.3, 0.4) is 0 Å². The molecule has 0 aliphatic carbocycles. The molecule has 0 saturated heterocycles. The Morgan fingerprint density at radius 2 is 1.93 bits per heavy atom. The molecule has 1 atom stereocenters. The number of hydrogen-bond acceptors (Lipinski definition) is 4. The molecule has 0 amide bonds. The van der Waals surface area contributed by atoms with Crippen molar-refractivity contribution < 1.29 is 0 Å². The second-order valence-electron chi connectivity index (χ2n) is 6.57. The van der Waals surface area contributed by atoms with Gasteiger partial charge < -0.3 is 10.6 Å². The highest BCUT2D eigenvalue weighted by molar-refractivity contribution is 14.0. The van der Waals surface area contributed by atoms with E-state index < -0.39 is 0 Å². The first kappa shape index (κ1) is 23.8. The van der Waals surface area contributed by atoms with Gasteiger partial charge in [0.25, 0.3) is 0 Å². The van der Waals surface area contributed by atoms with Crippen LogP contribution >= 0.6 is 35.3 Å². The van der Waals surface area contributed by atoms with Crippen molar-refractivity contribution in [2.24, 2.45) is 4.99 Å². The first-order valence-electron chi connectivity index (χ1n) is 9.18. The van der Waals surface area contributed by atoms with E-state index in [-0.39, 0.29) is 24.0 Å². The lowest BCUT2D eigenvalue weighted by Crippen LogP contribution is -2.40. The normalized spacial score (nSPS) is 12.6. The van der Waals surface area contributed by atoms with Gasteiger partial charge in [0, 0.05) is 44.5 Å². The van der Waals surface area contributed by atoms with Crippen LogP contribution in [0.5, 0.6) is 0 Å². The fourth-order valence-corrected chi connectivity index (χ4v) is 3.35. The van der Waals surface area contributed by atoms with E-state index in [2.05, 4.69) is 75.2 Å². The number of benzene rings is 1. The molecule has 27 heavy (non-hydrogen) atoms. The number of aliphatic imine (C=N–C) groups is 1. The molecule has 2 N–H and O–H groups in total. The van der Waals surface area contributed by atoms with Gasteiger partial charge in [0.05, 0.1) is 10.7 Å². The summed E-state index contributed by atoms with van der Waals surface area (Å²) in [6, 6.07) is 11.1. The maximum Gasteiger partial charge on any atom is 0.190 e. The molecular weight excluding hydrogens is 469 g/mol. The van der Waals surface area contributed by atoms with Gasteiger partial charge >= 0.3 is 0 Å². The number of nitrogens with one attached hydrogen (secondary N) is 2. The molecule has 0 aliphatic rings. The van der Waals surface area contributed by atoms with Crippen molar-refractivity contribution in [1.82, 2.24) is 20.5 Å². The maximum atomic E-state index is 4.49. The predicted octanol–water partition coefficient (Wildman–Crippen LogP) is 3.69. The van der Waals surface area contributed by atoms with E-state index in [1.165, 1.54) is 5.56 Å². The van der Waals surface area contributed by atoms with E-state index in [9.17, 15) is 0 Å². The minimum Gasteiger partial charge on any atom is -0.356 e. The van der Waals surface area contributed by atoms with E-state index in [0.717, 1.165) is 49.1 Å². The summed E-state index contributed by atoms with van der Waals surface area (Å²) in [6.45, 7) is 7.02. The Morgan fingerprint density at radius 3 is 2.56 bits per heavy atom. The van der Waals surface area contributed by atoms with Crippen LogP contribution in [0, 0.1) is 6.92 Å². The smallest absolute Gasteiger partial charge is 0.190 e. The van der Waals surface area contributed by atoms with Gasteiger partial charge in [-0.25, -0.2) is 4.98 Å². The van der Waals surface area contributed by atoms with Crippen LogP contribution in [0.1, 0.15) is 29.6 Å². The Bertz CT molecular complexity index is 674. The Morgan fingerprint density at radius 1 is 1.22 bits per heavy atom. The summed E-state index contributed by atoms with van der Waals surface area (Å²) < 4.78 is 0. The van der Waals surface area contributed by atoms with Crippen LogP contribution in [0.25, 0.3) is 0 Å². The zero-order chi connectivity index (χ0) is 18.8. The highest BCUT2D eigenvalue weighted by Gasteiger charge is 2.09. The maximum absolute atomic E-state index is 4.49. The van der Waals surface area contributed by atoms with Crippen molar-refractivity contribution in [2.75, 3.05) is 27.2 Å². The second kappa shape index (κ2) is 13.1. The standard InChI is InChI=1S/C20H31N5S.HI/c1-16(25(4)14-18-8-6-5-7-9-18)10-12-22-20(21-3)23-13-11-19-15-26-17(2)24-19;/h5-9,15-16H,10-14H2,1-4H3,(H2,21,22,23);1H. The fourth-order valence-electron chi connectivity index (χ4n) is 2.70. The molecule has 2 rings (SSSR count). The van der Waals surface area contributed by atoms with Gasteiger partial charge in [-0.2, -0.15) is 0 Å². The number of aromatic nitrogens is 1. The molecule has 5 nitrogen and oxygen atoms in total. The largest absolute Gasteiger partial charge is 0.356 e. The van der Waals surface area contributed by atoms with E-state index >= 15 is 0 Å². The molecule has 0 radical (unpaired) electrons. The number of halogens is 1. The zero-order valence-electron chi connectivity index (χ0n) is 16.7. The van der Waals surface area contributed by atoms with Crippen LogP contribution < -0.4 is 10.6 Å². The van der Waals surface area contributed by atoms with Gasteiger partial charge in [0.1, 0.15) is 0 Å². The number of guanidine groups is 1. The average Bonchev–Trinajstić information content (AvgIpc) is 3.06. The van der Waals surface area contributed by atoms with Crippen LogP contribution in [0.4, 0.5) is 0 Å². The van der Waals surface area contributed by atoms with E-state index in [1.54, 1.807) is 11.3 Å². The molecule has 1 unspecified atom stereocenters. The molecule has 1 aromatic heterocycles. The van der Waals surface area contributed by atoms with Crippen molar-refractivity contribution in [3.8, 4) is 0 Å². The SMILES string of the molecule is CN=C(NCCc1csc(C)n1)NCCC(C)N(C)Cc1ccccc1.I. The summed E-state index contributed by atoms with van der Waals surface area (Å²) in [5.41, 5.74) is 2.50. The molecule has 0 fully saturated rings. The summed E-state index contributed by atoms with van der Waals surface area (Å²) in [4.78, 5) is 11.2. The Kier molecular flexibility index (Phi) is 11.5. The molecule has 150 valence electrons. The van der Waals surface area contributed by atoms with Gasteiger partial charge in [0.15, 0.2) is 5.96 Å². The third-order valence-electron chi connectivity index (χ3n) is 4.45. The zero-order valence-corrected chi connectivity index (χ0v) is 19.9. The second-order valence-corrected chi connectivity index (χ2v) is 7.63. The summed E-state index contributed by atoms with van der Waals surface area (Å²) >= 11 is 1.70. The van der Waals surface area contributed by atoms with Gasteiger partial charge in [-0.05, 0) is 32.9 Å². The third kappa shape index (κ3) is 9.03. The topological polar surface area (TPSA) is 52.6 Å². The molecule has 0 saturated carbocycles. The molecule has 0 aliphatic heterocycles. The first-order valence-corrected chi connectivity index (χ1v) is 10.1. The number of hydrogen-bond donors (Lipinski definition) is 2. The van der Waals surface area contributed by atoms with Crippen LogP contribution in [-0.4, -0.2) is 49.1 Å². The highest BCUT2D eigenvalue weighted by Crippen LogP contribution is 2.08. The Labute approximate surface area is 184 Å². The summed E-state index contributed by atoms with van der Waals surface area (Å²) in [5.74, 6) is 0.856. The van der Waals surface area contributed by atoms with Crippen molar-refractivity contribution in [2.45, 2.75) is 39.3 Å². The number of thiazole rings is 1. The Hall–Kier alpha value is -1.19. The van der Waals surface area contributed by atoms with Crippen molar-refractivity contribution in [3.05, 3.63) is 52.0 Å². The van der Waals surface area contributed by atoms with Gasteiger partial charge in [0.2, 0.25) is 0 Å². The van der Waals surface area contributed by atoms with E-state index in [4.69, 9.17) is 0 Å². The molecule has 0 spiro atoms. The predicted molar refractivity (Wildman–Crippen MR) is 127 cm³/mol. The van der Waals surface area contributed by atoms with E-state index in [1.807, 2.05) is 14.0 Å². The van der Waals surface area contributed by atoms with Gasteiger partial charge in [-0.15, -0.1) is 35.3 Å². The van der Waals surface area contributed by atoms with Crippen LogP contribution in [0.2, 0.25) is 0 Å². The third-order valence-corrected chi connectivity index (χ3v) is 5.27. The number of rotatable bonds is 9. The van der Waals surface area contributed by atoms with Crippen LogP contribution in [0.15, 0.2) is 40.7 Å². The van der Waals surface area contributed by atoms with Crippen molar-refractivity contribution in [1.29, 1.82) is 0 Å². The molecule has 1 heterocycles. The summed E-state index contributed by atoms with van der Waals surface area (Å²) in [6.07, 6.45) is 1.98. The molecule has 2 aromatic rings. The molecular formula is C20H32IN5S. The summed E-state index contributed by atoms with van der Waals surface area (Å²) in [5, 5.41) is 10.0. The minimum absolute atomic E-state index is 0. The lowest BCUT2D eigenvalue weighted by Gasteiger charge is -2.25. The highest BCUT2D eigenvalue weighted by atomic mass is 127. The summed E-state index contributed by atoms with van der Waals surface area (Å²) in [7, 11) is 3.99. The lowest BCUT2D eigenvalue weighted by molar-refractivity contribution is 0.238. The first-order chi connectivity index (χ1) is 12.6. The lowest BCUT2D eigenvalue weighted by atomic mass is 10.1. The fraction of sp³-hybridized carbons (Fsp3) is 0.500. The molecule has 7 heteroatoms. The van der Waals surface area contributed by atoms with Gasteiger partial charge in [-0.1, -0.05) is 30.3 Å². The van der Waals surface area contributed by atoms with Gasteiger partial charge in [-0.3, -0.25) is 9.89 Å². The quantitative estimate of drug-likeness (QED) is 0.313. The Balaban J connectivity index is 0.00000364. The molecule has 0 bridgehead atoms. The average molecular weight is 501 g/mol. The minimum atomic E-state index is 0. The number of aryl methyl sites for hydroxylation is 1. The van der Waals surface area contributed by atoms with E-state index in [0.29, 0.717) is 6.04 Å².